The molecule has 0 amide bonds. The van der Waals surface area contributed by atoms with E-state index in [-0.39, 0.29) is 12.4 Å². The lowest BCUT2D eigenvalue weighted by Gasteiger charge is -2.42. The van der Waals surface area contributed by atoms with Gasteiger partial charge in [0.25, 0.3) is 0 Å². The Morgan fingerprint density at radius 2 is 1.94 bits per heavy atom. The van der Waals surface area contributed by atoms with E-state index < -0.39 is 0 Å². The van der Waals surface area contributed by atoms with Crippen LogP contribution in [-0.4, -0.2) is 30.7 Å². The molecule has 0 spiro atoms. The number of fused-ring (bicyclic) bond motifs is 1. The van der Waals surface area contributed by atoms with Crippen molar-refractivity contribution in [3.63, 3.8) is 0 Å². The SMILES string of the molecule is O[C@@H]1CCC[C@H]2C=CC[C@@H](C3OCCO3)[C@H]12. The first-order valence-corrected chi connectivity index (χ1v) is 6.44. The van der Waals surface area contributed by atoms with E-state index in [4.69, 9.17) is 9.47 Å². The average molecular weight is 224 g/mol. The molecule has 90 valence electrons. The summed E-state index contributed by atoms with van der Waals surface area (Å²) in [4.78, 5) is 0. The summed E-state index contributed by atoms with van der Waals surface area (Å²) in [6.07, 6.45) is 8.58. The molecule has 0 aromatic heterocycles. The van der Waals surface area contributed by atoms with E-state index in [1.54, 1.807) is 0 Å². The zero-order chi connectivity index (χ0) is 11.0. The summed E-state index contributed by atoms with van der Waals surface area (Å²) >= 11 is 0. The summed E-state index contributed by atoms with van der Waals surface area (Å²) in [7, 11) is 0. The van der Waals surface area contributed by atoms with Gasteiger partial charge in [-0.25, -0.2) is 0 Å². The van der Waals surface area contributed by atoms with Gasteiger partial charge in [0.1, 0.15) is 0 Å². The van der Waals surface area contributed by atoms with Crippen LogP contribution in [0.25, 0.3) is 0 Å². The average Bonchev–Trinajstić information content (AvgIpc) is 2.82. The van der Waals surface area contributed by atoms with Crippen LogP contribution < -0.4 is 0 Å². The third-order valence-electron chi connectivity index (χ3n) is 4.26. The van der Waals surface area contributed by atoms with Crippen LogP contribution in [0.4, 0.5) is 0 Å². The molecule has 1 saturated heterocycles. The maximum absolute atomic E-state index is 10.2. The van der Waals surface area contributed by atoms with Crippen LogP contribution in [-0.2, 0) is 9.47 Å². The van der Waals surface area contributed by atoms with Gasteiger partial charge in [-0.2, -0.15) is 0 Å². The van der Waals surface area contributed by atoms with Crippen molar-refractivity contribution in [1.82, 2.24) is 0 Å². The molecule has 0 aromatic rings. The highest BCUT2D eigenvalue weighted by Gasteiger charge is 2.43. The van der Waals surface area contributed by atoms with Crippen molar-refractivity contribution in [2.24, 2.45) is 17.8 Å². The van der Waals surface area contributed by atoms with Crippen molar-refractivity contribution in [3.8, 4) is 0 Å². The number of hydrogen-bond acceptors (Lipinski definition) is 3. The second kappa shape index (κ2) is 4.47. The van der Waals surface area contributed by atoms with Gasteiger partial charge in [-0.3, -0.25) is 0 Å². The molecule has 1 heterocycles. The number of aliphatic hydroxyl groups is 1. The van der Waals surface area contributed by atoms with Crippen molar-refractivity contribution in [2.45, 2.75) is 38.1 Å². The van der Waals surface area contributed by atoms with E-state index in [1.165, 1.54) is 6.42 Å². The Labute approximate surface area is 96.4 Å². The molecule has 0 unspecified atom stereocenters. The smallest absolute Gasteiger partial charge is 0.161 e. The molecule has 3 heteroatoms. The summed E-state index contributed by atoms with van der Waals surface area (Å²) in [5, 5.41) is 10.2. The first-order chi connectivity index (χ1) is 7.86. The minimum atomic E-state index is -0.165. The number of rotatable bonds is 1. The molecule has 3 nitrogen and oxygen atoms in total. The third-order valence-corrected chi connectivity index (χ3v) is 4.26. The second-order valence-corrected chi connectivity index (χ2v) is 5.18. The van der Waals surface area contributed by atoms with Gasteiger partial charge in [0.2, 0.25) is 0 Å². The topological polar surface area (TPSA) is 38.7 Å². The molecule has 0 bridgehead atoms. The second-order valence-electron chi connectivity index (χ2n) is 5.18. The lowest BCUT2D eigenvalue weighted by atomic mass is 9.67. The number of aliphatic hydroxyl groups excluding tert-OH is 1. The van der Waals surface area contributed by atoms with Crippen LogP contribution in [0.15, 0.2) is 12.2 Å². The van der Waals surface area contributed by atoms with Gasteiger partial charge in [0, 0.05) is 5.92 Å². The van der Waals surface area contributed by atoms with Gasteiger partial charge >= 0.3 is 0 Å². The first-order valence-electron chi connectivity index (χ1n) is 6.44. The first kappa shape index (κ1) is 10.8. The highest BCUT2D eigenvalue weighted by molar-refractivity contribution is 5.05. The molecule has 3 aliphatic rings. The molecule has 0 aromatic carbocycles. The quantitative estimate of drug-likeness (QED) is 0.689. The van der Waals surface area contributed by atoms with Crippen molar-refractivity contribution in [3.05, 3.63) is 12.2 Å². The molecule has 1 N–H and O–H groups in total. The fraction of sp³-hybridized carbons (Fsp3) is 0.846. The minimum Gasteiger partial charge on any atom is -0.393 e. The van der Waals surface area contributed by atoms with E-state index in [2.05, 4.69) is 12.2 Å². The van der Waals surface area contributed by atoms with Crippen molar-refractivity contribution < 1.29 is 14.6 Å². The molecule has 1 aliphatic heterocycles. The normalized spacial score (nSPS) is 44.6. The van der Waals surface area contributed by atoms with Crippen LogP contribution in [0.1, 0.15) is 25.7 Å². The maximum Gasteiger partial charge on any atom is 0.161 e. The van der Waals surface area contributed by atoms with Gasteiger partial charge in [-0.1, -0.05) is 18.6 Å². The molecule has 4 atom stereocenters. The van der Waals surface area contributed by atoms with Crippen LogP contribution in [0, 0.1) is 17.8 Å². The highest BCUT2D eigenvalue weighted by atomic mass is 16.7. The Balaban J connectivity index is 1.79. The van der Waals surface area contributed by atoms with E-state index in [9.17, 15) is 5.11 Å². The van der Waals surface area contributed by atoms with Gasteiger partial charge in [-0.05, 0) is 31.1 Å². The van der Waals surface area contributed by atoms with E-state index in [0.717, 1.165) is 19.3 Å². The monoisotopic (exact) mass is 224 g/mol. The van der Waals surface area contributed by atoms with Crippen LogP contribution in [0.5, 0.6) is 0 Å². The van der Waals surface area contributed by atoms with E-state index in [1.807, 2.05) is 0 Å². The lowest BCUT2D eigenvalue weighted by Crippen LogP contribution is -2.43. The molecule has 1 saturated carbocycles. The van der Waals surface area contributed by atoms with Crippen molar-refractivity contribution >= 4 is 0 Å². The summed E-state index contributed by atoms with van der Waals surface area (Å²) < 4.78 is 11.2. The number of ether oxygens (including phenoxy) is 2. The zero-order valence-corrected chi connectivity index (χ0v) is 9.55. The van der Waals surface area contributed by atoms with Crippen LogP contribution >= 0.6 is 0 Å². The molecular formula is C13H20O3. The van der Waals surface area contributed by atoms with Gasteiger partial charge in [0.05, 0.1) is 19.3 Å². The Bertz CT molecular complexity index is 270. The number of hydrogen-bond donors (Lipinski definition) is 1. The van der Waals surface area contributed by atoms with Gasteiger partial charge < -0.3 is 14.6 Å². The highest BCUT2D eigenvalue weighted by Crippen LogP contribution is 2.43. The predicted octanol–water partition coefficient (Wildman–Crippen LogP) is 1.71. The summed E-state index contributed by atoms with van der Waals surface area (Å²) in [6, 6.07) is 0. The van der Waals surface area contributed by atoms with Gasteiger partial charge in [0.15, 0.2) is 6.29 Å². The summed E-state index contributed by atoms with van der Waals surface area (Å²) in [5.41, 5.74) is 0. The molecular weight excluding hydrogens is 204 g/mol. The molecule has 2 aliphatic carbocycles. The molecule has 16 heavy (non-hydrogen) atoms. The maximum atomic E-state index is 10.2. The number of allylic oxidation sites excluding steroid dienone is 2. The standard InChI is InChI=1S/C13H20O3/c14-11-6-2-4-9-3-1-5-10(12(9)11)13-15-7-8-16-13/h1,3,9-14H,2,4-8H2/t9-,10-,11-,12-/m1/s1. The van der Waals surface area contributed by atoms with Gasteiger partial charge in [-0.15, -0.1) is 0 Å². The van der Waals surface area contributed by atoms with E-state index in [0.29, 0.717) is 31.0 Å². The minimum absolute atomic E-state index is 0.0785. The van der Waals surface area contributed by atoms with Crippen molar-refractivity contribution in [1.29, 1.82) is 0 Å². The molecule has 3 rings (SSSR count). The molecule has 2 fully saturated rings. The Kier molecular flexibility index (Phi) is 3.01. The predicted molar refractivity (Wildman–Crippen MR) is 59.8 cm³/mol. The van der Waals surface area contributed by atoms with Crippen LogP contribution in [0.3, 0.4) is 0 Å². The zero-order valence-electron chi connectivity index (χ0n) is 9.55. The van der Waals surface area contributed by atoms with Crippen LogP contribution in [0.2, 0.25) is 0 Å². The summed E-state index contributed by atoms with van der Waals surface area (Å²) in [5.74, 6) is 1.24. The third kappa shape index (κ3) is 1.81. The van der Waals surface area contributed by atoms with Crippen molar-refractivity contribution in [2.75, 3.05) is 13.2 Å². The van der Waals surface area contributed by atoms with E-state index >= 15 is 0 Å². The summed E-state index contributed by atoms with van der Waals surface area (Å²) in [6.45, 7) is 1.41. The Morgan fingerprint density at radius 1 is 1.12 bits per heavy atom. The lowest BCUT2D eigenvalue weighted by molar-refractivity contribution is -0.130. The fourth-order valence-corrected chi connectivity index (χ4v) is 3.54. The molecule has 0 radical (unpaired) electrons. The Morgan fingerprint density at radius 3 is 2.75 bits per heavy atom. The fourth-order valence-electron chi connectivity index (χ4n) is 3.54. The Hall–Kier alpha value is -0.380. The largest absolute Gasteiger partial charge is 0.393 e.